The Hall–Kier alpha value is -1.27. The van der Waals surface area contributed by atoms with Crippen LogP contribution in [0.25, 0.3) is 0 Å². The van der Waals surface area contributed by atoms with Crippen LogP contribution in [0.2, 0.25) is 0 Å². The minimum absolute atomic E-state index is 0.0489. The summed E-state index contributed by atoms with van der Waals surface area (Å²) in [5, 5.41) is 11.9. The molecule has 0 heterocycles. The van der Waals surface area contributed by atoms with Crippen molar-refractivity contribution >= 4 is 27.6 Å². The Morgan fingerprint density at radius 2 is 2.20 bits per heavy atom. The number of aliphatic hydroxyl groups is 1. The van der Waals surface area contributed by atoms with E-state index in [0.717, 1.165) is 17.3 Å². The van der Waals surface area contributed by atoms with E-state index in [1.54, 1.807) is 24.1 Å². The van der Waals surface area contributed by atoms with Crippen LogP contribution in [0.3, 0.4) is 0 Å². The minimum atomic E-state index is -0.232. The standard InChI is InChI=1S/C14H21BrN2O3/c1-3-4-7-17(8-9-18)14(19)16-12-10-11(15)5-6-13(12)20-2/h5-6,10,18H,3-4,7-9H2,1-2H3,(H,16,19). The predicted octanol–water partition coefficient (Wildman–Crippen LogP) is 3.08. The Labute approximate surface area is 128 Å². The number of carbonyl (C=O) groups excluding carboxylic acids is 1. The van der Waals surface area contributed by atoms with Crippen LogP contribution in [-0.2, 0) is 0 Å². The quantitative estimate of drug-likeness (QED) is 0.798. The zero-order valence-corrected chi connectivity index (χ0v) is 13.4. The van der Waals surface area contributed by atoms with Crippen LogP contribution in [0.5, 0.6) is 5.75 Å². The summed E-state index contributed by atoms with van der Waals surface area (Å²) >= 11 is 3.36. The lowest BCUT2D eigenvalue weighted by molar-refractivity contribution is 0.187. The van der Waals surface area contributed by atoms with E-state index in [2.05, 4.69) is 28.2 Å². The summed E-state index contributed by atoms with van der Waals surface area (Å²) in [6, 6.07) is 5.18. The number of aliphatic hydroxyl groups excluding tert-OH is 1. The molecule has 0 bridgehead atoms. The number of amides is 2. The molecule has 0 radical (unpaired) electrons. The number of carbonyl (C=O) groups is 1. The van der Waals surface area contributed by atoms with Gasteiger partial charge in [0.2, 0.25) is 0 Å². The molecule has 1 aromatic rings. The van der Waals surface area contributed by atoms with Gasteiger partial charge in [0.1, 0.15) is 5.75 Å². The summed E-state index contributed by atoms with van der Waals surface area (Å²) in [6.07, 6.45) is 1.90. The van der Waals surface area contributed by atoms with Crippen molar-refractivity contribution in [2.45, 2.75) is 19.8 Å². The van der Waals surface area contributed by atoms with Gasteiger partial charge in [0.25, 0.3) is 0 Å². The van der Waals surface area contributed by atoms with E-state index in [4.69, 9.17) is 9.84 Å². The van der Waals surface area contributed by atoms with E-state index in [0.29, 0.717) is 24.5 Å². The Balaban J connectivity index is 2.78. The molecule has 6 heteroatoms. The number of hydrogen-bond donors (Lipinski definition) is 2. The summed E-state index contributed by atoms with van der Waals surface area (Å²) in [6.45, 7) is 2.96. The molecule has 0 aliphatic heterocycles. The lowest BCUT2D eigenvalue weighted by atomic mass is 10.3. The number of nitrogens with one attached hydrogen (secondary N) is 1. The number of anilines is 1. The maximum Gasteiger partial charge on any atom is 0.322 e. The molecule has 1 aromatic carbocycles. The number of ether oxygens (including phenoxy) is 1. The van der Waals surface area contributed by atoms with Crippen LogP contribution in [0.4, 0.5) is 10.5 Å². The zero-order chi connectivity index (χ0) is 15.0. The largest absolute Gasteiger partial charge is 0.495 e. The monoisotopic (exact) mass is 344 g/mol. The highest BCUT2D eigenvalue weighted by atomic mass is 79.9. The van der Waals surface area contributed by atoms with E-state index in [9.17, 15) is 4.79 Å². The van der Waals surface area contributed by atoms with Crippen LogP contribution >= 0.6 is 15.9 Å². The normalized spacial score (nSPS) is 10.2. The van der Waals surface area contributed by atoms with E-state index < -0.39 is 0 Å². The van der Waals surface area contributed by atoms with Crippen LogP contribution < -0.4 is 10.1 Å². The van der Waals surface area contributed by atoms with E-state index in [-0.39, 0.29) is 12.6 Å². The van der Waals surface area contributed by atoms with Gasteiger partial charge in [-0.15, -0.1) is 0 Å². The highest BCUT2D eigenvalue weighted by molar-refractivity contribution is 9.10. The molecule has 0 spiro atoms. The number of nitrogens with zero attached hydrogens (tertiary/aromatic N) is 1. The van der Waals surface area contributed by atoms with Gasteiger partial charge < -0.3 is 20.1 Å². The van der Waals surface area contributed by atoms with Gasteiger partial charge in [-0.05, 0) is 24.6 Å². The first-order valence-electron chi connectivity index (χ1n) is 6.62. The third kappa shape index (κ3) is 5.02. The summed E-state index contributed by atoms with van der Waals surface area (Å²) in [5.41, 5.74) is 0.603. The lowest BCUT2D eigenvalue weighted by Gasteiger charge is -2.22. The van der Waals surface area contributed by atoms with Gasteiger partial charge in [-0.2, -0.15) is 0 Å². The van der Waals surface area contributed by atoms with Crippen LogP contribution in [0, 0.1) is 0 Å². The third-order valence-electron chi connectivity index (χ3n) is 2.84. The van der Waals surface area contributed by atoms with Crippen LogP contribution in [-0.4, -0.2) is 42.8 Å². The number of rotatable bonds is 7. The molecular weight excluding hydrogens is 324 g/mol. The molecule has 0 saturated carbocycles. The van der Waals surface area contributed by atoms with Crippen molar-refractivity contribution < 1.29 is 14.6 Å². The highest BCUT2D eigenvalue weighted by Crippen LogP contribution is 2.28. The van der Waals surface area contributed by atoms with Gasteiger partial charge in [0, 0.05) is 17.6 Å². The van der Waals surface area contributed by atoms with E-state index in [1.807, 2.05) is 6.07 Å². The fourth-order valence-corrected chi connectivity index (χ4v) is 2.12. The maximum atomic E-state index is 12.2. The zero-order valence-electron chi connectivity index (χ0n) is 11.9. The number of halogens is 1. The second kappa shape index (κ2) is 8.81. The Morgan fingerprint density at radius 3 is 2.80 bits per heavy atom. The van der Waals surface area contributed by atoms with E-state index >= 15 is 0 Å². The fraction of sp³-hybridized carbons (Fsp3) is 0.500. The van der Waals surface area contributed by atoms with Gasteiger partial charge in [-0.3, -0.25) is 0 Å². The molecule has 2 amide bonds. The smallest absolute Gasteiger partial charge is 0.322 e. The Morgan fingerprint density at radius 1 is 1.45 bits per heavy atom. The van der Waals surface area contributed by atoms with Crippen molar-refractivity contribution in [3.8, 4) is 5.75 Å². The summed E-state index contributed by atoms with van der Waals surface area (Å²) < 4.78 is 6.08. The second-order valence-electron chi connectivity index (χ2n) is 4.34. The first-order chi connectivity index (χ1) is 9.62. The third-order valence-corrected chi connectivity index (χ3v) is 3.34. The molecular formula is C14H21BrN2O3. The number of benzene rings is 1. The molecule has 20 heavy (non-hydrogen) atoms. The van der Waals surface area contributed by atoms with Crippen LogP contribution in [0.15, 0.2) is 22.7 Å². The fourth-order valence-electron chi connectivity index (χ4n) is 1.76. The molecule has 0 aliphatic carbocycles. The maximum absolute atomic E-state index is 12.2. The second-order valence-corrected chi connectivity index (χ2v) is 5.25. The van der Waals surface area contributed by atoms with Crippen molar-refractivity contribution in [3.63, 3.8) is 0 Å². The average Bonchev–Trinajstić information content (AvgIpc) is 2.43. The summed E-state index contributed by atoms with van der Waals surface area (Å²) in [7, 11) is 1.56. The topological polar surface area (TPSA) is 61.8 Å². The molecule has 0 saturated heterocycles. The molecule has 5 nitrogen and oxygen atoms in total. The molecule has 1 rings (SSSR count). The molecule has 2 N–H and O–H groups in total. The van der Waals surface area contributed by atoms with Gasteiger partial charge in [0.15, 0.2) is 0 Å². The predicted molar refractivity (Wildman–Crippen MR) is 83.3 cm³/mol. The summed E-state index contributed by atoms with van der Waals surface area (Å²) in [5.74, 6) is 0.598. The molecule has 0 aromatic heterocycles. The molecule has 0 atom stereocenters. The molecule has 0 aliphatic rings. The number of methoxy groups -OCH3 is 1. The van der Waals surface area contributed by atoms with Gasteiger partial charge in [-0.25, -0.2) is 4.79 Å². The lowest BCUT2D eigenvalue weighted by Crippen LogP contribution is -2.37. The van der Waals surface area contributed by atoms with Crippen LogP contribution in [0.1, 0.15) is 19.8 Å². The molecule has 0 fully saturated rings. The minimum Gasteiger partial charge on any atom is -0.495 e. The van der Waals surface area contributed by atoms with Gasteiger partial charge in [-0.1, -0.05) is 29.3 Å². The molecule has 112 valence electrons. The number of hydrogen-bond acceptors (Lipinski definition) is 3. The first kappa shape index (κ1) is 16.8. The van der Waals surface area contributed by atoms with Crippen molar-refractivity contribution in [2.75, 3.05) is 32.1 Å². The van der Waals surface area contributed by atoms with Crippen molar-refractivity contribution in [1.82, 2.24) is 4.90 Å². The van der Waals surface area contributed by atoms with Crippen molar-refractivity contribution in [3.05, 3.63) is 22.7 Å². The summed E-state index contributed by atoms with van der Waals surface area (Å²) in [4.78, 5) is 13.8. The Kier molecular flexibility index (Phi) is 7.40. The first-order valence-corrected chi connectivity index (χ1v) is 7.42. The highest BCUT2D eigenvalue weighted by Gasteiger charge is 2.14. The van der Waals surface area contributed by atoms with Gasteiger partial charge >= 0.3 is 6.03 Å². The Bertz CT molecular complexity index is 440. The molecule has 0 unspecified atom stereocenters. The number of urea groups is 1. The SMILES string of the molecule is CCCCN(CCO)C(=O)Nc1cc(Br)ccc1OC. The average molecular weight is 345 g/mol. The van der Waals surface area contributed by atoms with E-state index in [1.165, 1.54) is 0 Å². The van der Waals surface area contributed by atoms with Crippen molar-refractivity contribution in [2.24, 2.45) is 0 Å². The van der Waals surface area contributed by atoms with Crippen molar-refractivity contribution in [1.29, 1.82) is 0 Å². The van der Waals surface area contributed by atoms with Gasteiger partial charge in [0.05, 0.1) is 19.4 Å². The number of unbranched alkanes of at least 4 members (excludes halogenated alkanes) is 1.